The van der Waals surface area contributed by atoms with E-state index in [4.69, 9.17) is 25.7 Å². The molecule has 0 radical (unpaired) electrons. The number of carbonyl (C=O) groups is 2. The smallest absolute Gasteiger partial charge is 0.224 e. The molecule has 224 valence electrons. The van der Waals surface area contributed by atoms with Gasteiger partial charge in [0.1, 0.15) is 0 Å². The van der Waals surface area contributed by atoms with Crippen molar-refractivity contribution in [2.24, 2.45) is 40.6 Å². The van der Waals surface area contributed by atoms with Gasteiger partial charge in [-0.3, -0.25) is 9.59 Å². The summed E-state index contributed by atoms with van der Waals surface area (Å²) in [4.78, 5) is 24.5. The van der Waals surface area contributed by atoms with E-state index in [2.05, 4.69) is 19.2 Å². The number of primary amides is 1. The van der Waals surface area contributed by atoms with Gasteiger partial charge in [0.15, 0.2) is 11.5 Å². The SMILES string of the molecule is COCCCOc1cc(C[C@@H](CC(N)[C@@H](O)C[C@H](C(=O)NCC(C)(C)C(N)=O)C(C)C)C(C)C)ccc1OC. The second kappa shape index (κ2) is 16.7. The molecule has 0 aliphatic heterocycles. The fourth-order valence-electron chi connectivity index (χ4n) is 4.39. The molecule has 9 heteroatoms. The maximum atomic E-state index is 12.9. The van der Waals surface area contributed by atoms with Crippen molar-refractivity contribution in [2.75, 3.05) is 34.0 Å². The number of aliphatic hydroxyl groups is 1. The van der Waals surface area contributed by atoms with Gasteiger partial charge in [-0.2, -0.15) is 0 Å². The van der Waals surface area contributed by atoms with E-state index in [1.807, 2.05) is 32.0 Å². The van der Waals surface area contributed by atoms with E-state index in [0.29, 0.717) is 37.1 Å². The average Bonchev–Trinajstić information content (AvgIpc) is 2.87. The molecule has 0 saturated heterocycles. The summed E-state index contributed by atoms with van der Waals surface area (Å²) in [6, 6.07) is 5.47. The summed E-state index contributed by atoms with van der Waals surface area (Å²) in [5.74, 6) is 0.792. The Morgan fingerprint density at radius 2 is 1.69 bits per heavy atom. The summed E-state index contributed by atoms with van der Waals surface area (Å²) in [5, 5.41) is 13.9. The number of rotatable bonds is 19. The second-order valence-corrected chi connectivity index (χ2v) is 11.9. The first-order valence-corrected chi connectivity index (χ1v) is 14.0. The zero-order valence-electron chi connectivity index (χ0n) is 25.3. The molecule has 1 unspecified atom stereocenters. The molecule has 1 rings (SSSR count). The highest BCUT2D eigenvalue weighted by Gasteiger charge is 2.32. The number of carbonyl (C=O) groups excluding carboxylic acids is 2. The fraction of sp³-hybridized carbons (Fsp3) is 0.733. The van der Waals surface area contributed by atoms with Gasteiger partial charge in [-0.1, -0.05) is 33.8 Å². The molecule has 0 aromatic heterocycles. The van der Waals surface area contributed by atoms with Gasteiger partial charge in [0, 0.05) is 38.6 Å². The van der Waals surface area contributed by atoms with Crippen LogP contribution in [-0.2, 0) is 20.7 Å². The molecule has 0 heterocycles. The van der Waals surface area contributed by atoms with E-state index in [1.165, 1.54) is 0 Å². The van der Waals surface area contributed by atoms with Crippen LogP contribution in [-0.4, -0.2) is 63.0 Å². The van der Waals surface area contributed by atoms with Gasteiger partial charge in [0.2, 0.25) is 11.8 Å². The molecule has 0 aliphatic carbocycles. The van der Waals surface area contributed by atoms with E-state index in [1.54, 1.807) is 28.1 Å². The lowest BCUT2D eigenvalue weighted by Crippen LogP contribution is -2.46. The topological polar surface area (TPSA) is 146 Å². The molecule has 0 saturated carbocycles. The van der Waals surface area contributed by atoms with Crippen molar-refractivity contribution >= 4 is 11.8 Å². The van der Waals surface area contributed by atoms with Crippen molar-refractivity contribution in [3.8, 4) is 11.5 Å². The van der Waals surface area contributed by atoms with Gasteiger partial charge < -0.3 is 36.1 Å². The van der Waals surface area contributed by atoms with E-state index >= 15 is 0 Å². The predicted octanol–water partition coefficient (Wildman–Crippen LogP) is 3.29. The van der Waals surface area contributed by atoms with Crippen LogP contribution in [0, 0.1) is 29.1 Å². The molecule has 39 heavy (non-hydrogen) atoms. The molecular weight excluding hydrogens is 498 g/mol. The molecule has 9 nitrogen and oxygen atoms in total. The number of ether oxygens (including phenoxy) is 3. The lowest BCUT2D eigenvalue weighted by Gasteiger charge is -2.30. The van der Waals surface area contributed by atoms with Gasteiger partial charge >= 0.3 is 0 Å². The lowest BCUT2D eigenvalue weighted by molar-refractivity contribution is -0.130. The molecule has 4 atom stereocenters. The monoisotopic (exact) mass is 551 g/mol. The average molecular weight is 552 g/mol. The van der Waals surface area contributed by atoms with E-state index in [9.17, 15) is 14.7 Å². The number of benzene rings is 1. The van der Waals surface area contributed by atoms with Crippen LogP contribution in [0.15, 0.2) is 18.2 Å². The van der Waals surface area contributed by atoms with Crippen molar-refractivity contribution in [1.82, 2.24) is 5.32 Å². The van der Waals surface area contributed by atoms with Gasteiger partial charge in [-0.25, -0.2) is 0 Å². The summed E-state index contributed by atoms with van der Waals surface area (Å²) < 4.78 is 16.5. The number of methoxy groups -OCH3 is 2. The maximum Gasteiger partial charge on any atom is 0.224 e. The Hall–Kier alpha value is -2.36. The Kier molecular flexibility index (Phi) is 14.8. The highest BCUT2D eigenvalue weighted by atomic mass is 16.5. The van der Waals surface area contributed by atoms with Crippen LogP contribution in [0.2, 0.25) is 0 Å². The van der Waals surface area contributed by atoms with E-state index < -0.39 is 29.4 Å². The minimum Gasteiger partial charge on any atom is -0.493 e. The third-order valence-corrected chi connectivity index (χ3v) is 7.50. The highest BCUT2D eigenvalue weighted by Crippen LogP contribution is 2.32. The number of hydrogen-bond acceptors (Lipinski definition) is 7. The van der Waals surface area contributed by atoms with Crippen LogP contribution in [0.4, 0.5) is 0 Å². The number of aliphatic hydroxyl groups excluding tert-OH is 1. The number of nitrogens with two attached hydrogens (primary N) is 2. The Labute approximate surface area is 235 Å². The molecule has 1 aromatic rings. The Balaban J connectivity index is 2.87. The zero-order valence-corrected chi connectivity index (χ0v) is 25.3. The first-order chi connectivity index (χ1) is 18.2. The van der Waals surface area contributed by atoms with Crippen molar-refractivity contribution in [3.63, 3.8) is 0 Å². The Morgan fingerprint density at radius 3 is 2.23 bits per heavy atom. The molecule has 0 fully saturated rings. The number of hydrogen-bond donors (Lipinski definition) is 4. The molecule has 1 aromatic carbocycles. The van der Waals surface area contributed by atoms with Crippen LogP contribution >= 0.6 is 0 Å². The minimum atomic E-state index is -0.854. The zero-order chi connectivity index (χ0) is 29.8. The molecule has 0 aliphatic rings. The summed E-state index contributed by atoms with van der Waals surface area (Å²) >= 11 is 0. The third kappa shape index (κ3) is 11.7. The van der Waals surface area contributed by atoms with Crippen molar-refractivity contribution in [2.45, 2.75) is 79.4 Å². The van der Waals surface area contributed by atoms with E-state index in [0.717, 1.165) is 18.4 Å². The van der Waals surface area contributed by atoms with Crippen molar-refractivity contribution < 1.29 is 28.9 Å². The molecule has 0 spiro atoms. The molecular formula is C30H53N3O6. The van der Waals surface area contributed by atoms with Gasteiger partial charge in [-0.15, -0.1) is 0 Å². The van der Waals surface area contributed by atoms with Crippen LogP contribution in [0.25, 0.3) is 0 Å². The van der Waals surface area contributed by atoms with Crippen LogP contribution < -0.4 is 26.3 Å². The summed E-state index contributed by atoms with van der Waals surface area (Å²) in [6.07, 6.45) is 1.56. The summed E-state index contributed by atoms with van der Waals surface area (Å²) in [6.45, 7) is 12.9. The number of nitrogens with one attached hydrogen (secondary N) is 1. The van der Waals surface area contributed by atoms with Gasteiger partial charge in [-0.05, 0) is 68.6 Å². The first kappa shape index (κ1) is 34.7. The molecule has 2 amide bonds. The highest BCUT2D eigenvalue weighted by molar-refractivity contribution is 5.83. The van der Waals surface area contributed by atoms with Crippen LogP contribution in [0.1, 0.15) is 66.4 Å². The van der Waals surface area contributed by atoms with Crippen LogP contribution in [0.3, 0.4) is 0 Å². The standard InChI is InChI=1S/C30H53N3O6/c1-19(2)22(14-21-10-11-26(38-8)27(15-21)39-13-9-12-37-7)16-24(31)25(34)17-23(20(3)4)28(35)33-18-30(5,6)29(32)36/h10-11,15,19-20,22-25,34H,9,12-14,16-18,31H2,1-8H3,(H2,32,36)(H,33,35)/t22-,23-,24?,25-/m0/s1. The normalized spacial score (nSPS) is 15.1. The van der Waals surface area contributed by atoms with E-state index in [-0.39, 0.29) is 30.7 Å². The quantitative estimate of drug-likeness (QED) is 0.193. The Morgan fingerprint density at radius 1 is 1.03 bits per heavy atom. The van der Waals surface area contributed by atoms with Gasteiger partial charge in [0.05, 0.1) is 25.2 Å². The summed E-state index contributed by atoms with van der Waals surface area (Å²) in [5.41, 5.74) is 12.2. The fourth-order valence-corrected chi connectivity index (χ4v) is 4.39. The van der Waals surface area contributed by atoms with Crippen LogP contribution in [0.5, 0.6) is 11.5 Å². The second-order valence-electron chi connectivity index (χ2n) is 11.9. The van der Waals surface area contributed by atoms with Crippen molar-refractivity contribution in [3.05, 3.63) is 23.8 Å². The van der Waals surface area contributed by atoms with Crippen molar-refractivity contribution in [1.29, 1.82) is 0 Å². The Bertz CT molecular complexity index is 889. The molecule has 6 N–H and O–H groups in total. The third-order valence-electron chi connectivity index (χ3n) is 7.50. The van der Waals surface area contributed by atoms with Gasteiger partial charge in [0.25, 0.3) is 0 Å². The lowest BCUT2D eigenvalue weighted by atomic mass is 9.80. The largest absolute Gasteiger partial charge is 0.493 e. The minimum absolute atomic E-state index is 0.00829. The predicted molar refractivity (Wildman–Crippen MR) is 155 cm³/mol. The summed E-state index contributed by atoms with van der Waals surface area (Å²) in [7, 11) is 3.29. The first-order valence-electron chi connectivity index (χ1n) is 14.0. The maximum absolute atomic E-state index is 12.9. The number of amides is 2. The molecule has 0 bridgehead atoms.